The van der Waals surface area contributed by atoms with Gasteiger partial charge in [-0.2, -0.15) is 0 Å². The van der Waals surface area contributed by atoms with Gasteiger partial charge in [-0.15, -0.1) is 0 Å². The van der Waals surface area contributed by atoms with Gasteiger partial charge in [-0.05, 0) is 54.2 Å². The minimum absolute atomic E-state index is 0.275. The van der Waals surface area contributed by atoms with E-state index in [9.17, 15) is 0 Å². The molecule has 144 valence electrons. The number of para-hydroxylation sites is 1. The van der Waals surface area contributed by atoms with Gasteiger partial charge in [0, 0.05) is 24.6 Å². The van der Waals surface area contributed by atoms with Gasteiger partial charge in [-0.25, -0.2) is 0 Å². The number of hydrogen-bond donors (Lipinski definition) is 1. The fourth-order valence-corrected chi connectivity index (χ4v) is 3.02. The van der Waals surface area contributed by atoms with Crippen molar-refractivity contribution in [1.82, 2.24) is 4.98 Å². The zero-order valence-electron chi connectivity index (χ0n) is 16.1. The number of hydrogen-bond acceptors (Lipinski definition) is 3. The van der Waals surface area contributed by atoms with Crippen LogP contribution < -0.4 is 4.74 Å². The summed E-state index contributed by atoms with van der Waals surface area (Å²) in [5, 5.41) is 8.84. The molecule has 0 atom stereocenters. The molecular weight excluding hydrogens is 346 g/mol. The number of rotatable bonds is 10. The van der Waals surface area contributed by atoms with E-state index >= 15 is 0 Å². The molecule has 0 aliphatic carbocycles. The fourth-order valence-electron chi connectivity index (χ4n) is 3.02. The summed E-state index contributed by atoms with van der Waals surface area (Å²) in [6, 6.07) is 20.7. The van der Waals surface area contributed by atoms with Crippen LogP contribution in [0.3, 0.4) is 0 Å². The average molecular weight is 373 g/mol. The molecule has 0 saturated heterocycles. The Bertz CT molecular complexity index is 857. The van der Waals surface area contributed by atoms with Crippen LogP contribution in [0.15, 0.2) is 73.1 Å². The second-order valence-corrected chi connectivity index (χ2v) is 6.72. The molecule has 1 N–H and O–H groups in total. The molecule has 2 aromatic carbocycles. The number of aliphatic hydroxyl groups excluding tert-OH is 1. The molecule has 0 spiro atoms. The maximum absolute atomic E-state index is 8.84. The number of aliphatic hydroxyl groups is 1. The Kier molecular flexibility index (Phi) is 7.83. The molecule has 0 fully saturated rings. The van der Waals surface area contributed by atoms with E-state index < -0.39 is 0 Å². The van der Waals surface area contributed by atoms with Crippen molar-refractivity contribution in [3.8, 4) is 16.9 Å². The minimum Gasteiger partial charge on any atom is -0.493 e. The molecule has 3 aromatic rings. The smallest absolute Gasteiger partial charge is 0.127 e. The summed E-state index contributed by atoms with van der Waals surface area (Å²) in [4.78, 5) is 4.04. The van der Waals surface area contributed by atoms with E-state index in [-0.39, 0.29) is 6.61 Å². The molecule has 0 saturated carbocycles. The topological polar surface area (TPSA) is 42.4 Å². The number of unbranched alkanes of at least 4 members (excludes halogenated alkanes) is 3. The quantitative estimate of drug-likeness (QED) is 0.453. The lowest BCUT2D eigenvalue weighted by molar-refractivity contribution is 0.273. The number of aromatic nitrogens is 1. The Hall–Kier alpha value is -2.91. The van der Waals surface area contributed by atoms with Crippen molar-refractivity contribution in [1.29, 1.82) is 0 Å². The molecule has 0 aliphatic heterocycles. The lowest BCUT2D eigenvalue weighted by Gasteiger charge is -2.12. The van der Waals surface area contributed by atoms with Crippen molar-refractivity contribution in [2.24, 2.45) is 0 Å². The van der Waals surface area contributed by atoms with Gasteiger partial charge in [0.15, 0.2) is 0 Å². The first-order chi connectivity index (χ1) is 13.9. The molecule has 3 nitrogen and oxygen atoms in total. The van der Waals surface area contributed by atoms with E-state index in [1.165, 1.54) is 0 Å². The summed E-state index contributed by atoms with van der Waals surface area (Å²) in [6.45, 7) is 0.979. The normalized spacial score (nSPS) is 11.0. The van der Waals surface area contributed by atoms with Crippen molar-refractivity contribution in [2.45, 2.75) is 25.7 Å². The largest absolute Gasteiger partial charge is 0.493 e. The van der Waals surface area contributed by atoms with E-state index in [4.69, 9.17) is 9.84 Å². The molecule has 0 bridgehead atoms. The zero-order valence-corrected chi connectivity index (χ0v) is 16.1. The maximum Gasteiger partial charge on any atom is 0.127 e. The Labute approximate surface area is 167 Å². The summed E-state index contributed by atoms with van der Waals surface area (Å²) in [7, 11) is 0. The first kappa shape index (κ1) is 19.8. The van der Waals surface area contributed by atoms with E-state index in [1.54, 1.807) is 12.4 Å². The summed E-state index contributed by atoms with van der Waals surface area (Å²) in [5.74, 6) is 0.921. The molecule has 28 heavy (non-hydrogen) atoms. The van der Waals surface area contributed by atoms with Gasteiger partial charge in [-0.1, -0.05) is 61.0 Å². The van der Waals surface area contributed by atoms with Crippen LogP contribution in [0, 0.1) is 0 Å². The molecule has 0 radical (unpaired) electrons. The van der Waals surface area contributed by atoms with Crippen LogP contribution in [-0.2, 0) is 0 Å². The van der Waals surface area contributed by atoms with E-state index in [2.05, 4.69) is 47.5 Å². The molecule has 0 aliphatic rings. The van der Waals surface area contributed by atoms with Gasteiger partial charge < -0.3 is 9.84 Å². The first-order valence-corrected chi connectivity index (χ1v) is 9.88. The van der Waals surface area contributed by atoms with Crippen molar-refractivity contribution in [3.63, 3.8) is 0 Å². The Balaban J connectivity index is 1.62. The average Bonchev–Trinajstić information content (AvgIpc) is 2.76. The summed E-state index contributed by atoms with van der Waals surface area (Å²) >= 11 is 0. The Morgan fingerprint density at radius 2 is 1.43 bits per heavy atom. The molecule has 1 heterocycles. The highest BCUT2D eigenvalue weighted by Crippen LogP contribution is 2.30. The maximum atomic E-state index is 8.84. The lowest BCUT2D eigenvalue weighted by Crippen LogP contribution is -1.99. The van der Waals surface area contributed by atoms with Gasteiger partial charge in [0.2, 0.25) is 0 Å². The highest BCUT2D eigenvalue weighted by molar-refractivity contribution is 5.74. The summed E-state index contributed by atoms with van der Waals surface area (Å²) in [5.41, 5.74) is 4.55. The van der Waals surface area contributed by atoms with Crippen LogP contribution in [0.4, 0.5) is 0 Å². The second-order valence-electron chi connectivity index (χ2n) is 6.72. The molecule has 0 unspecified atom stereocenters. The SMILES string of the molecule is OCCCCCCOc1ccccc1-c1ccc(C=Cc2ccncc2)cc1. The van der Waals surface area contributed by atoms with E-state index in [0.717, 1.165) is 53.7 Å². The van der Waals surface area contributed by atoms with Crippen LogP contribution in [0.5, 0.6) is 5.75 Å². The molecular formula is C25H27NO2. The lowest BCUT2D eigenvalue weighted by atomic mass is 10.0. The zero-order chi connectivity index (χ0) is 19.4. The predicted molar refractivity (Wildman–Crippen MR) is 116 cm³/mol. The van der Waals surface area contributed by atoms with Crippen molar-refractivity contribution in [2.75, 3.05) is 13.2 Å². The Morgan fingerprint density at radius 1 is 0.750 bits per heavy atom. The van der Waals surface area contributed by atoms with E-state index in [0.29, 0.717) is 6.61 Å². The minimum atomic E-state index is 0.275. The molecule has 0 amide bonds. The summed E-state index contributed by atoms with van der Waals surface area (Å²) < 4.78 is 6.02. The van der Waals surface area contributed by atoms with Gasteiger partial charge >= 0.3 is 0 Å². The van der Waals surface area contributed by atoms with Gasteiger partial charge in [0.25, 0.3) is 0 Å². The van der Waals surface area contributed by atoms with Crippen LogP contribution in [0.2, 0.25) is 0 Å². The van der Waals surface area contributed by atoms with Crippen molar-refractivity contribution in [3.05, 3.63) is 84.2 Å². The monoisotopic (exact) mass is 373 g/mol. The van der Waals surface area contributed by atoms with Crippen LogP contribution in [0.1, 0.15) is 36.8 Å². The van der Waals surface area contributed by atoms with E-state index in [1.807, 2.05) is 30.3 Å². The van der Waals surface area contributed by atoms with Crippen molar-refractivity contribution >= 4 is 12.2 Å². The number of pyridine rings is 1. The predicted octanol–water partition coefficient (Wildman–Crippen LogP) is 5.85. The first-order valence-electron chi connectivity index (χ1n) is 9.88. The van der Waals surface area contributed by atoms with Gasteiger partial charge in [0.1, 0.15) is 5.75 Å². The highest BCUT2D eigenvalue weighted by atomic mass is 16.5. The van der Waals surface area contributed by atoms with Crippen LogP contribution >= 0.6 is 0 Å². The molecule has 1 aromatic heterocycles. The summed E-state index contributed by atoms with van der Waals surface area (Å²) in [6.07, 6.45) is 11.8. The van der Waals surface area contributed by atoms with Gasteiger partial charge in [0.05, 0.1) is 6.61 Å². The number of benzene rings is 2. The number of nitrogens with zero attached hydrogens (tertiary/aromatic N) is 1. The third-order valence-corrected chi connectivity index (χ3v) is 4.59. The number of ether oxygens (including phenoxy) is 1. The van der Waals surface area contributed by atoms with Crippen LogP contribution in [-0.4, -0.2) is 23.3 Å². The third kappa shape index (κ3) is 6.07. The standard InChI is InChI=1S/C25H27NO2/c27-19-5-1-2-6-20-28-25-8-4-3-7-24(25)23-13-11-21(12-14-23)9-10-22-15-17-26-18-16-22/h3-4,7-18,27H,1-2,5-6,19-20H2. The van der Waals surface area contributed by atoms with Crippen LogP contribution in [0.25, 0.3) is 23.3 Å². The second kappa shape index (κ2) is 11.1. The van der Waals surface area contributed by atoms with Gasteiger partial charge in [-0.3, -0.25) is 4.98 Å². The Morgan fingerprint density at radius 3 is 2.18 bits per heavy atom. The fraction of sp³-hybridized carbons (Fsp3) is 0.240. The van der Waals surface area contributed by atoms with Crippen molar-refractivity contribution < 1.29 is 9.84 Å². The highest BCUT2D eigenvalue weighted by Gasteiger charge is 2.05. The molecule has 3 heteroatoms. The third-order valence-electron chi connectivity index (χ3n) is 4.59. The molecule has 3 rings (SSSR count).